The third-order valence-electron chi connectivity index (χ3n) is 6.37. The van der Waals surface area contributed by atoms with Gasteiger partial charge in [-0.05, 0) is 99.4 Å². The summed E-state index contributed by atoms with van der Waals surface area (Å²) in [4.78, 5) is 39.7. The van der Waals surface area contributed by atoms with Gasteiger partial charge in [-0.3, -0.25) is 14.9 Å². The minimum atomic E-state index is -0.855. The van der Waals surface area contributed by atoms with Crippen molar-refractivity contribution in [3.05, 3.63) is 122 Å². The van der Waals surface area contributed by atoms with Crippen LogP contribution in [0.3, 0.4) is 0 Å². The van der Waals surface area contributed by atoms with Crippen LogP contribution in [-0.2, 0) is 22.8 Å². The number of urea groups is 1. The number of hydrogen-bond donors (Lipinski definition) is 1. The monoisotopic (exact) mass is 680 g/mol. The van der Waals surface area contributed by atoms with E-state index in [1.54, 1.807) is 60.7 Å². The molecule has 0 saturated carbocycles. The zero-order valence-electron chi connectivity index (χ0n) is 22.6. The first-order chi connectivity index (χ1) is 20.7. The predicted molar refractivity (Wildman–Crippen MR) is 168 cm³/mol. The van der Waals surface area contributed by atoms with Gasteiger partial charge in [0.05, 0.1) is 17.3 Å². The second-order valence-corrected chi connectivity index (χ2v) is 11.0. The number of nitrogens with one attached hydrogen (secondary N) is 1. The maximum absolute atomic E-state index is 13.4. The SMILES string of the molecule is COc1cc(/C=C2\C(=O)NC(=O)N(c3ccc(OCc4ccc(Cl)cc4)cc3)C2=O)cc(Br)c1OCc1ccc(Cl)cc1. The molecule has 11 heteroatoms. The Kier molecular flexibility index (Phi) is 9.35. The Morgan fingerprint density at radius 3 is 1.98 bits per heavy atom. The molecule has 1 aliphatic heterocycles. The maximum Gasteiger partial charge on any atom is 0.335 e. The van der Waals surface area contributed by atoms with Gasteiger partial charge in [-0.25, -0.2) is 9.69 Å². The lowest BCUT2D eigenvalue weighted by Gasteiger charge is -2.26. The number of benzene rings is 4. The van der Waals surface area contributed by atoms with E-state index in [4.69, 9.17) is 37.4 Å². The minimum absolute atomic E-state index is 0.230. The molecule has 1 saturated heterocycles. The summed E-state index contributed by atoms with van der Waals surface area (Å²) in [6.45, 7) is 0.570. The fourth-order valence-corrected chi connectivity index (χ4v) is 5.02. The molecule has 0 radical (unpaired) electrons. The Morgan fingerprint density at radius 2 is 1.40 bits per heavy atom. The molecule has 0 atom stereocenters. The fourth-order valence-electron chi connectivity index (χ4n) is 4.20. The van der Waals surface area contributed by atoms with Crippen LogP contribution in [0.4, 0.5) is 10.5 Å². The van der Waals surface area contributed by atoms with Crippen LogP contribution in [0, 0.1) is 0 Å². The van der Waals surface area contributed by atoms with Gasteiger partial charge in [0.25, 0.3) is 11.8 Å². The molecule has 0 bridgehead atoms. The average Bonchev–Trinajstić information content (AvgIpc) is 2.99. The highest BCUT2D eigenvalue weighted by atomic mass is 79.9. The number of rotatable bonds is 9. The van der Waals surface area contributed by atoms with Crippen molar-refractivity contribution in [1.29, 1.82) is 0 Å². The maximum atomic E-state index is 13.4. The smallest absolute Gasteiger partial charge is 0.335 e. The number of barbiturate groups is 1. The number of halogens is 3. The van der Waals surface area contributed by atoms with E-state index in [1.165, 1.54) is 13.2 Å². The summed E-state index contributed by atoms with van der Waals surface area (Å²) in [6.07, 6.45) is 1.39. The second kappa shape index (κ2) is 13.3. The van der Waals surface area contributed by atoms with Crippen molar-refractivity contribution < 1.29 is 28.6 Å². The molecule has 43 heavy (non-hydrogen) atoms. The lowest BCUT2D eigenvalue weighted by atomic mass is 10.1. The Morgan fingerprint density at radius 1 is 0.814 bits per heavy atom. The molecule has 0 unspecified atom stereocenters. The molecule has 1 heterocycles. The summed E-state index contributed by atoms with van der Waals surface area (Å²) < 4.78 is 17.8. The molecule has 1 N–H and O–H groups in total. The van der Waals surface area contributed by atoms with Gasteiger partial charge in [0.1, 0.15) is 24.5 Å². The van der Waals surface area contributed by atoms with Crippen LogP contribution in [0.5, 0.6) is 17.2 Å². The summed E-state index contributed by atoms with van der Waals surface area (Å²) >= 11 is 15.4. The zero-order chi connectivity index (χ0) is 30.5. The zero-order valence-corrected chi connectivity index (χ0v) is 25.7. The number of carbonyl (C=O) groups excluding carboxylic acids is 3. The summed E-state index contributed by atoms with van der Waals surface area (Å²) in [7, 11) is 1.48. The van der Waals surface area contributed by atoms with Crippen molar-refractivity contribution in [3.8, 4) is 17.2 Å². The number of nitrogens with zero attached hydrogens (tertiary/aromatic N) is 1. The molecule has 218 valence electrons. The number of methoxy groups -OCH3 is 1. The van der Waals surface area contributed by atoms with Gasteiger partial charge in [0.15, 0.2) is 11.5 Å². The first kappa shape index (κ1) is 30.2. The quantitative estimate of drug-likeness (QED) is 0.145. The fraction of sp³-hybridized carbons (Fsp3) is 0.0938. The van der Waals surface area contributed by atoms with E-state index in [2.05, 4.69) is 21.2 Å². The predicted octanol–water partition coefficient (Wildman–Crippen LogP) is 7.59. The average molecular weight is 682 g/mol. The molecule has 8 nitrogen and oxygen atoms in total. The van der Waals surface area contributed by atoms with E-state index >= 15 is 0 Å². The number of amides is 4. The molecule has 0 aromatic heterocycles. The Balaban J connectivity index is 1.33. The van der Waals surface area contributed by atoms with E-state index in [9.17, 15) is 14.4 Å². The molecule has 1 fully saturated rings. The van der Waals surface area contributed by atoms with Crippen molar-refractivity contribution in [2.24, 2.45) is 0 Å². The van der Waals surface area contributed by atoms with Gasteiger partial charge in [-0.15, -0.1) is 0 Å². The van der Waals surface area contributed by atoms with Crippen LogP contribution in [-0.4, -0.2) is 25.0 Å². The van der Waals surface area contributed by atoms with E-state index in [0.717, 1.165) is 16.0 Å². The van der Waals surface area contributed by atoms with Crippen molar-refractivity contribution in [2.45, 2.75) is 13.2 Å². The number of anilines is 1. The van der Waals surface area contributed by atoms with E-state index in [-0.39, 0.29) is 17.9 Å². The van der Waals surface area contributed by atoms with E-state index < -0.39 is 17.8 Å². The number of carbonyl (C=O) groups is 3. The van der Waals surface area contributed by atoms with E-state index in [1.807, 2.05) is 24.3 Å². The lowest BCUT2D eigenvalue weighted by molar-refractivity contribution is -0.122. The number of imide groups is 2. The Labute approximate surface area is 265 Å². The molecular formula is C32H23BrCl2N2O6. The van der Waals surface area contributed by atoms with Gasteiger partial charge in [-0.2, -0.15) is 0 Å². The van der Waals surface area contributed by atoms with Crippen LogP contribution in [0.25, 0.3) is 6.08 Å². The van der Waals surface area contributed by atoms with E-state index in [0.29, 0.717) is 43.9 Å². The third kappa shape index (κ3) is 7.19. The van der Waals surface area contributed by atoms with Crippen molar-refractivity contribution in [2.75, 3.05) is 12.0 Å². The van der Waals surface area contributed by atoms with Crippen LogP contribution < -0.4 is 24.4 Å². The highest BCUT2D eigenvalue weighted by Gasteiger charge is 2.37. The first-order valence-corrected chi connectivity index (χ1v) is 14.4. The molecule has 5 rings (SSSR count). The molecular weight excluding hydrogens is 659 g/mol. The summed E-state index contributed by atoms with van der Waals surface area (Å²) in [5.74, 6) is -0.241. The lowest BCUT2D eigenvalue weighted by Crippen LogP contribution is -2.54. The molecule has 0 spiro atoms. The topological polar surface area (TPSA) is 94.2 Å². The van der Waals surface area contributed by atoms with Gasteiger partial charge >= 0.3 is 6.03 Å². The van der Waals surface area contributed by atoms with Crippen LogP contribution in [0.2, 0.25) is 10.0 Å². The molecule has 4 amide bonds. The molecule has 1 aliphatic rings. The van der Waals surface area contributed by atoms with Crippen LogP contribution >= 0.6 is 39.1 Å². The van der Waals surface area contributed by atoms with Gasteiger partial charge in [-0.1, -0.05) is 47.5 Å². The van der Waals surface area contributed by atoms with Crippen LogP contribution in [0.15, 0.2) is 95.0 Å². The Hall–Kier alpha value is -4.31. The summed E-state index contributed by atoms with van der Waals surface area (Å²) in [5, 5.41) is 3.49. The number of ether oxygens (including phenoxy) is 3. The highest BCUT2D eigenvalue weighted by molar-refractivity contribution is 9.10. The third-order valence-corrected chi connectivity index (χ3v) is 7.47. The standard InChI is InChI=1S/C32H23BrCl2N2O6/c1-41-28-16-21(15-27(33)29(28)43-18-20-4-8-23(35)9-5-20)14-26-30(38)36-32(40)37(31(26)39)24-10-12-25(13-11-24)42-17-19-2-6-22(34)7-3-19/h2-16H,17-18H2,1H3,(H,36,38,40)/b26-14+. The molecule has 0 aliphatic carbocycles. The molecule has 4 aromatic carbocycles. The normalized spacial score (nSPS) is 14.1. The first-order valence-electron chi connectivity index (χ1n) is 12.9. The van der Waals surface area contributed by atoms with Gasteiger partial charge in [0.2, 0.25) is 0 Å². The summed E-state index contributed by atoms with van der Waals surface area (Å²) in [6, 6.07) is 23.4. The largest absolute Gasteiger partial charge is 0.493 e. The second-order valence-electron chi connectivity index (χ2n) is 9.32. The highest BCUT2D eigenvalue weighted by Crippen LogP contribution is 2.38. The minimum Gasteiger partial charge on any atom is -0.493 e. The van der Waals surface area contributed by atoms with Gasteiger partial charge in [0, 0.05) is 10.0 Å². The van der Waals surface area contributed by atoms with Crippen molar-refractivity contribution >= 4 is 68.7 Å². The summed E-state index contributed by atoms with van der Waals surface area (Å²) in [5.41, 5.74) is 2.34. The van der Waals surface area contributed by atoms with Crippen LogP contribution in [0.1, 0.15) is 16.7 Å². The Bertz CT molecular complexity index is 1710. The van der Waals surface area contributed by atoms with Gasteiger partial charge < -0.3 is 14.2 Å². The number of hydrogen-bond acceptors (Lipinski definition) is 6. The van der Waals surface area contributed by atoms with Crippen molar-refractivity contribution in [1.82, 2.24) is 5.32 Å². The molecule has 4 aromatic rings. The van der Waals surface area contributed by atoms with Crippen molar-refractivity contribution in [3.63, 3.8) is 0 Å².